The third kappa shape index (κ3) is 3.91. The summed E-state index contributed by atoms with van der Waals surface area (Å²) in [6, 6.07) is 0. The number of hydrogen-bond donors (Lipinski definition) is 1. The first-order chi connectivity index (χ1) is 8.59. The molecule has 19 heavy (non-hydrogen) atoms. The van der Waals surface area contributed by atoms with Crippen LogP contribution in [0.15, 0.2) is 0 Å². The molecule has 0 unspecified atom stereocenters. The maximum absolute atomic E-state index is 6.36. The highest BCUT2D eigenvalue weighted by Gasteiger charge is 2.30. The van der Waals surface area contributed by atoms with Crippen LogP contribution < -0.4 is 5.73 Å². The Kier molecular flexibility index (Phi) is 4.99. The summed E-state index contributed by atoms with van der Waals surface area (Å²) in [6.45, 7) is 15.3. The standard InChI is InChI=1S/C15H29N3S/c1-8-19-10-9-11-12(16)18(15(5,6)7)13(17-11)14(2,3)4/h8-10,16H2,1-7H3. The van der Waals surface area contributed by atoms with Crippen molar-refractivity contribution in [3.05, 3.63) is 11.5 Å². The molecule has 110 valence electrons. The van der Waals surface area contributed by atoms with E-state index in [1.54, 1.807) is 0 Å². The van der Waals surface area contributed by atoms with Gasteiger partial charge in [0.15, 0.2) is 0 Å². The molecule has 1 aromatic rings. The highest BCUT2D eigenvalue weighted by Crippen LogP contribution is 2.32. The highest BCUT2D eigenvalue weighted by molar-refractivity contribution is 7.99. The molecule has 0 atom stereocenters. The van der Waals surface area contributed by atoms with Crippen molar-refractivity contribution in [2.24, 2.45) is 0 Å². The van der Waals surface area contributed by atoms with Gasteiger partial charge in [-0.25, -0.2) is 4.98 Å². The van der Waals surface area contributed by atoms with Gasteiger partial charge in [-0.15, -0.1) is 0 Å². The number of rotatable bonds is 4. The fraction of sp³-hybridized carbons (Fsp3) is 0.800. The van der Waals surface area contributed by atoms with Gasteiger partial charge in [0.2, 0.25) is 0 Å². The van der Waals surface area contributed by atoms with E-state index < -0.39 is 0 Å². The van der Waals surface area contributed by atoms with Crippen molar-refractivity contribution in [1.29, 1.82) is 0 Å². The Bertz CT molecular complexity index is 422. The Balaban J connectivity index is 3.20. The number of anilines is 1. The van der Waals surface area contributed by atoms with Crippen molar-refractivity contribution in [3.8, 4) is 0 Å². The lowest BCUT2D eigenvalue weighted by molar-refractivity contribution is 0.359. The summed E-state index contributed by atoms with van der Waals surface area (Å²) in [6.07, 6.45) is 0.955. The third-order valence-corrected chi connectivity index (χ3v) is 3.92. The molecule has 1 aromatic heterocycles. The van der Waals surface area contributed by atoms with E-state index in [0.717, 1.165) is 35.3 Å². The molecule has 0 fully saturated rings. The summed E-state index contributed by atoms with van der Waals surface area (Å²) < 4.78 is 2.21. The molecule has 4 heteroatoms. The zero-order valence-corrected chi connectivity index (χ0v) is 14.3. The van der Waals surface area contributed by atoms with Crippen LogP contribution in [0.25, 0.3) is 0 Å². The molecular formula is C15H29N3S. The van der Waals surface area contributed by atoms with Crippen LogP contribution in [0, 0.1) is 0 Å². The molecular weight excluding hydrogens is 254 g/mol. The van der Waals surface area contributed by atoms with Gasteiger partial charge in [-0.05, 0) is 32.3 Å². The molecule has 0 aliphatic rings. The number of aromatic nitrogens is 2. The summed E-state index contributed by atoms with van der Waals surface area (Å²) >= 11 is 1.94. The van der Waals surface area contributed by atoms with E-state index in [9.17, 15) is 0 Å². The number of imidazole rings is 1. The average molecular weight is 283 g/mol. The largest absolute Gasteiger partial charge is 0.384 e. The normalized spacial score (nSPS) is 13.0. The quantitative estimate of drug-likeness (QED) is 0.854. The van der Waals surface area contributed by atoms with Crippen molar-refractivity contribution < 1.29 is 0 Å². The Morgan fingerprint density at radius 2 is 1.74 bits per heavy atom. The van der Waals surface area contributed by atoms with E-state index in [0.29, 0.717) is 0 Å². The van der Waals surface area contributed by atoms with E-state index in [1.165, 1.54) is 0 Å². The number of thioether (sulfide) groups is 1. The average Bonchev–Trinajstić information content (AvgIpc) is 2.55. The van der Waals surface area contributed by atoms with Crippen LogP contribution in [0.2, 0.25) is 0 Å². The van der Waals surface area contributed by atoms with Gasteiger partial charge >= 0.3 is 0 Å². The molecule has 1 rings (SSSR count). The molecule has 0 saturated heterocycles. The summed E-state index contributed by atoms with van der Waals surface area (Å²) in [5.74, 6) is 4.17. The lowest BCUT2D eigenvalue weighted by Gasteiger charge is -2.29. The zero-order chi connectivity index (χ0) is 14.8. The number of nitrogens with two attached hydrogens (primary N) is 1. The minimum absolute atomic E-state index is 0.0115. The predicted molar refractivity (Wildman–Crippen MR) is 87.0 cm³/mol. The van der Waals surface area contributed by atoms with Crippen LogP contribution >= 0.6 is 11.8 Å². The summed E-state index contributed by atoms with van der Waals surface area (Å²) in [7, 11) is 0. The molecule has 3 nitrogen and oxygen atoms in total. The molecule has 0 amide bonds. The fourth-order valence-electron chi connectivity index (χ4n) is 2.16. The Hall–Kier alpha value is -0.640. The first kappa shape index (κ1) is 16.4. The maximum atomic E-state index is 6.36. The molecule has 0 bridgehead atoms. The van der Waals surface area contributed by atoms with E-state index in [4.69, 9.17) is 10.7 Å². The molecule has 0 aromatic carbocycles. The van der Waals surface area contributed by atoms with E-state index in [-0.39, 0.29) is 11.0 Å². The second kappa shape index (κ2) is 5.78. The molecule has 0 spiro atoms. The molecule has 1 heterocycles. The molecule has 0 aliphatic heterocycles. The van der Waals surface area contributed by atoms with Gasteiger partial charge in [0.05, 0.1) is 5.69 Å². The fourth-order valence-corrected chi connectivity index (χ4v) is 2.78. The first-order valence-electron chi connectivity index (χ1n) is 7.04. The maximum Gasteiger partial charge on any atom is 0.127 e. The van der Waals surface area contributed by atoms with Gasteiger partial charge in [-0.2, -0.15) is 11.8 Å². The lowest BCUT2D eigenvalue weighted by Crippen LogP contribution is -2.30. The van der Waals surface area contributed by atoms with Crippen molar-refractivity contribution in [2.75, 3.05) is 17.2 Å². The summed E-state index contributed by atoms with van der Waals surface area (Å²) in [5.41, 5.74) is 7.40. The van der Waals surface area contributed by atoms with Gasteiger partial charge in [-0.1, -0.05) is 27.7 Å². The van der Waals surface area contributed by atoms with Gasteiger partial charge in [0.1, 0.15) is 11.6 Å². The monoisotopic (exact) mass is 283 g/mol. The second-order valence-corrected chi connectivity index (χ2v) is 8.36. The molecule has 0 saturated carbocycles. The van der Waals surface area contributed by atoms with Crippen LogP contribution in [0.4, 0.5) is 5.82 Å². The number of aryl methyl sites for hydroxylation is 1. The summed E-state index contributed by atoms with van der Waals surface area (Å²) in [4.78, 5) is 4.84. The lowest BCUT2D eigenvalue weighted by atomic mass is 9.94. The predicted octanol–water partition coefficient (Wildman–Crippen LogP) is 3.81. The Morgan fingerprint density at radius 3 is 2.11 bits per heavy atom. The van der Waals surface area contributed by atoms with Gasteiger partial charge in [-0.3, -0.25) is 0 Å². The molecule has 2 N–H and O–H groups in total. The minimum Gasteiger partial charge on any atom is -0.384 e. The summed E-state index contributed by atoms with van der Waals surface area (Å²) in [5, 5.41) is 0. The Morgan fingerprint density at radius 1 is 1.16 bits per heavy atom. The van der Waals surface area contributed by atoms with Gasteiger partial charge < -0.3 is 10.3 Å². The van der Waals surface area contributed by atoms with Crippen LogP contribution in [-0.2, 0) is 17.4 Å². The van der Waals surface area contributed by atoms with Gasteiger partial charge in [0.25, 0.3) is 0 Å². The zero-order valence-electron chi connectivity index (χ0n) is 13.5. The van der Waals surface area contributed by atoms with Gasteiger partial charge in [0, 0.05) is 17.4 Å². The topological polar surface area (TPSA) is 43.8 Å². The first-order valence-corrected chi connectivity index (χ1v) is 8.20. The smallest absolute Gasteiger partial charge is 0.127 e. The van der Waals surface area contributed by atoms with Crippen molar-refractivity contribution >= 4 is 17.6 Å². The van der Waals surface area contributed by atoms with E-state index in [1.807, 2.05) is 11.8 Å². The second-order valence-electron chi connectivity index (χ2n) is 6.97. The third-order valence-electron chi connectivity index (χ3n) is 3.02. The van der Waals surface area contributed by atoms with E-state index >= 15 is 0 Å². The minimum atomic E-state index is -0.0319. The van der Waals surface area contributed by atoms with Crippen molar-refractivity contribution in [2.45, 2.75) is 65.8 Å². The van der Waals surface area contributed by atoms with Crippen LogP contribution in [0.5, 0.6) is 0 Å². The number of hydrogen-bond acceptors (Lipinski definition) is 3. The SMILES string of the molecule is CCSCCc1nc(C(C)(C)C)n(C(C)(C)C)c1N. The van der Waals surface area contributed by atoms with Crippen LogP contribution in [0.1, 0.15) is 60.0 Å². The van der Waals surface area contributed by atoms with Crippen molar-refractivity contribution in [1.82, 2.24) is 9.55 Å². The molecule has 0 radical (unpaired) electrons. The highest BCUT2D eigenvalue weighted by atomic mass is 32.2. The van der Waals surface area contributed by atoms with Crippen LogP contribution in [0.3, 0.4) is 0 Å². The number of nitrogen functional groups attached to an aromatic ring is 1. The Labute approximate surface area is 122 Å². The van der Waals surface area contributed by atoms with Crippen molar-refractivity contribution in [3.63, 3.8) is 0 Å². The van der Waals surface area contributed by atoms with E-state index in [2.05, 4.69) is 53.0 Å². The van der Waals surface area contributed by atoms with Crippen LogP contribution in [-0.4, -0.2) is 21.1 Å². The number of nitrogens with zero attached hydrogens (tertiary/aromatic N) is 2. The molecule has 0 aliphatic carbocycles.